The highest BCUT2D eigenvalue weighted by Gasteiger charge is 2.15. The Labute approximate surface area is 85.5 Å². The van der Waals surface area contributed by atoms with Gasteiger partial charge in [0.15, 0.2) is 0 Å². The fourth-order valence-electron chi connectivity index (χ4n) is 0.849. The van der Waals surface area contributed by atoms with Crippen LogP contribution in [0.2, 0.25) is 0 Å². The molecule has 0 bridgehead atoms. The molecule has 0 aromatic rings. The molecule has 0 aliphatic carbocycles. The van der Waals surface area contributed by atoms with Gasteiger partial charge in [-0.2, -0.15) is 8.42 Å². The summed E-state index contributed by atoms with van der Waals surface area (Å²) in [6.45, 7) is 5.16. The van der Waals surface area contributed by atoms with E-state index >= 15 is 0 Å². The van der Waals surface area contributed by atoms with Crippen LogP contribution in [-0.4, -0.2) is 47.2 Å². The summed E-state index contributed by atoms with van der Waals surface area (Å²) in [6.07, 6.45) is 0.461. The van der Waals surface area contributed by atoms with Crippen LogP contribution in [0.1, 0.15) is 13.8 Å². The third kappa shape index (κ3) is 8.43. The fraction of sp³-hybridized carbons (Fsp3) is 1.00. The highest BCUT2D eigenvalue weighted by molar-refractivity contribution is 7.86. The van der Waals surface area contributed by atoms with E-state index in [0.717, 1.165) is 6.26 Å². The predicted molar refractivity (Wildman–Crippen MR) is 52.7 cm³/mol. The van der Waals surface area contributed by atoms with Crippen molar-refractivity contribution in [1.29, 1.82) is 0 Å². The predicted octanol–water partition coefficient (Wildman–Crippen LogP) is 0.404. The quantitative estimate of drug-likeness (QED) is 0.561. The molecule has 0 atom stereocenters. The van der Waals surface area contributed by atoms with Gasteiger partial charge in [-0.05, 0) is 13.8 Å². The maximum atomic E-state index is 10.8. The Kier molecular flexibility index (Phi) is 7.08. The van der Waals surface area contributed by atoms with E-state index in [-0.39, 0.29) is 13.2 Å². The molecule has 0 rings (SSSR count). The summed E-state index contributed by atoms with van der Waals surface area (Å²) in [5.41, 5.74) is 0. The molecule has 0 radical (unpaired) electrons. The molecule has 0 spiro atoms. The summed E-state index contributed by atoms with van der Waals surface area (Å²) in [4.78, 5) is 0. The van der Waals surface area contributed by atoms with Crippen molar-refractivity contribution >= 4 is 10.1 Å². The maximum absolute atomic E-state index is 10.8. The van der Waals surface area contributed by atoms with Crippen LogP contribution in [0.5, 0.6) is 0 Å². The lowest BCUT2D eigenvalue weighted by molar-refractivity contribution is 0.00308. The van der Waals surface area contributed by atoms with Gasteiger partial charge in [0.05, 0.1) is 19.5 Å². The third-order valence-electron chi connectivity index (χ3n) is 1.33. The van der Waals surface area contributed by atoms with Gasteiger partial charge in [0, 0.05) is 13.2 Å². The van der Waals surface area contributed by atoms with Crippen LogP contribution in [0.25, 0.3) is 0 Å². The van der Waals surface area contributed by atoms with Crippen molar-refractivity contribution in [2.75, 3.05) is 32.7 Å². The average Bonchev–Trinajstić information content (AvgIpc) is 2.07. The zero-order chi connectivity index (χ0) is 11.0. The molecule has 86 valence electrons. The lowest BCUT2D eigenvalue weighted by Gasteiger charge is -2.15. The smallest absolute Gasteiger partial charge is 0.264 e. The Morgan fingerprint density at radius 2 is 1.50 bits per heavy atom. The van der Waals surface area contributed by atoms with Gasteiger partial charge >= 0.3 is 0 Å². The van der Waals surface area contributed by atoms with E-state index in [1.165, 1.54) is 0 Å². The Morgan fingerprint density at radius 3 is 1.79 bits per heavy atom. The SMILES string of the molecule is CCOCC(COCC)OS(C)(=O)=O. The summed E-state index contributed by atoms with van der Waals surface area (Å²) >= 11 is 0. The van der Waals surface area contributed by atoms with E-state index in [0.29, 0.717) is 13.2 Å². The van der Waals surface area contributed by atoms with E-state index in [9.17, 15) is 8.42 Å². The van der Waals surface area contributed by atoms with Crippen LogP contribution in [0.15, 0.2) is 0 Å². The summed E-state index contributed by atoms with van der Waals surface area (Å²) < 4.78 is 36.6. The lowest BCUT2D eigenvalue weighted by atomic mass is 10.4. The molecule has 0 unspecified atom stereocenters. The molecular weight excluding hydrogens is 208 g/mol. The number of hydrogen-bond donors (Lipinski definition) is 0. The first-order chi connectivity index (χ1) is 6.49. The van der Waals surface area contributed by atoms with Gasteiger partial charge in [0.2, 0.25) is 0 Å². The number of rotatable bonds is 8. The molecule has 0 aliphatic rings. The van der Waals surface area contributed by atoms with Crippen molar-refractivity contribution < 1.29 is 22.1 Å². The largest absolute Gasteiger partial charge is 0.379 e. The van der Waals surface area contributed by atoms with Gasteiger partial charge in [-0.3, -0.25) is 4.18 Å². The average molecular weight is 226 g/mol. The first kappa shape index (κ1) is 13.8. The zero-order valence-corrected chi connectivity index (χ0v) is 9.67. The second-order valence-corrected chi connectivity index (χ2v) is 4.34. The number of hydrogen-bond acceptors (Lipinski definition) is 5. The van der Waals surface area contributed by atoms with Gasteiger partial charge < -0.3 is 9.47 Å². The highest BCUT2D eigenvalue weighted by atomic mass is 32.2. The van der Waals surface area contributed by atoms with E-state index in [1.807, 2.05) is 13.8 Å². The molecule has 5 nitrogen and oxygen atoms in total. The van der Waals surface area contributed by atoms with Crippen molar-refractivity contribution in [3.8, 4) is 0 Å². The molecule has 0 aromatic carbocycles. The van der Waals surface area contributed by atoms with E-state index < -0.39 is 16.2 Å². The molecule has 0 aliphatic heterocycles. The summed E-state index contributed by atoms with van der Waals surface area (Å²) in [5, 5.41) is 0. The second kappa shape index (κ2) is 7.17. The van der Waals surface area contributed by atoms with Crippen LogP contribution < -0.4 is 0 Å². The Morgan fingerprint density at radius 1 is 1.07 bits per heavy atom. The molecule has 0 amide bonds. The van der Waals surface area contributed by atoms with Crippen molar-refractivity contribution in [2.45, 2.75) is 20.0 Å². The summed E-state index contributed by atoms with van der Waals surface area (Å²) in [7, 11) is -3.44. The molecule has 0 saturated carbocycles. The monoisotopic (exact) mass is 226 g/mol. The lowest BCUT2D eigenvalue weighted by Crippen LogP contribution is -2.28. The third-order valence-corrected chi connectivity index (χ3v) is 1.95. The van der Waals surface area contributed by atoms with Crippen molar-refractivity contribution in [1.82, 2.24) is 0 Å². The normalized spacial score (nSPS) is 12.3. The zero-order valence-electron chi connectivity index (χ0n) is 8.86. The van der Waals surface area contributed by atoms with Gasteiger partial charge in [0.25, 0.3) is 10.1 Å². The van der Waals surface area contributed by atoms with Gasteiger partial charge in [-0.25, -0.2) is 0 Å². The molecule has 0 heterocycles. The molecule has 0 N–H and O–H groups in total. The van der Waals surface area contributed by atoms with Gasteiger partial charge in [-0.15, -0.1) is 0 Å². The summed E-state index contributed by atoms with van der Waals surface area (Å²) in [5.74, 6) is 0. The van der Waals surface area contributed by atoms with Crippen molar-refractivity contribution in [3.63, 3.8) is 0 Å². The van der Waals surface area contributed by atoms with Gasteiger partial charge in [-0.1, -0.05) is 0 Å². The molecule has 14 heavy (non-hydrogen) atoms. The summed E-state index contributed by atoms with van der Waals surface area (Å²) in [6, 6.07) is 0. The first-order valence-electron chi connectivity index (χ1n) is 4.53. The van der Waals surface area contributed by atoms with Crippen molar-refractivity contribution in [2.24, 2.45) is 0 Å². The fourth-order valence-corrected chi connectivity index (χ4v) is 1.45. The van der Waals surface area contributed by atoms with E-state index in [4.69, 9.17) is 13.7 Å². The van der Waals surface area contributed by atoms with Crippen LogP contribution in [0.3, 0.4) is 0 Å². The minimum absolute atomic E-state index is 0.226. The Hall–Kier alpha value is -0.170. The first-order valence-corrected chi connectivity index (χ1v) is 6.35. The molecule has 0 fully saturated rings. The van der Waals surface area contributed by atoms with Crippen LogP contribution in [0.4, 0.5) is 0 Å². The Bertz CT molecular complexity index is 216. The molecule has 0 aromatic heterocycles. The highest BCUT2D eigenvalue weighted by Crippen LogP contribution is 2.00. The minimum Gasteiger partial charge on any atom is -0.379 e. The van der Waals surface area contributed by atoms with E-state index in [2.05, 4.69) is 0 Å². The maximum Gasteiger partial charge on any atom is 0.264 e. The molecule has 6 heteroatoms. The van der Waals surface area contributed by atoms with Crippen molar-refractivity contribution in [3.05, 3.63) is 0 Å². The Balaban J connectivity index is 3.96. The van der Waals surface area contributed by atoms with E-state index in [1.54, 1.807) is 0 Å². The van der Waals surface area contributed by atoms with Gasteiger partial charge in [0.1, 0.15) is 6.10 Å². The minimum atomic E-state index is -3.44. The van der Waals surface area contributed by atoms with Crippen LogP contribution >= 0.6 is 0 Å². The topological polar surface area (TPSA) is 61.8 Å². The molecular formula is C8H18O5S. The van der Waals surface area contributed by atoms with Crippen LogP contribution in [-0.2, 0) is 23.8 Å². The molecule has 0 saturated heterocycles. The van der Waals surface area contributed by atoms with Crippen LogP contribution in [0, 0.1) is 0 Å². The second-order valence-electron chi connectivity index (χ2n) is 2.74. The number of ether oxygens (including phenoxy) is 2. The standard InChI is InChI=1S/C8H18O5S/c1-4-11-6-8(7-12-5-2)13-14(3,9)10/h8H,4-7H2,1-3H3.